The lowest BCUT2D eigenvalue weighted by atomic mass is 10.1. The van der Waals surface area contributed by atoms with E-state index in [1.807, 2.05) is 0 Å². The second kappa shape index (κ2) is 19.5. The fourth-order valence-corrected chi connectivity index (χ4v) is 10.4. The van der Waals surface area contributed by atoms with Crippen molar-refractivity contribution in [2.75, 3.05) is 19.9 Å². The first-order valence-electron chi connectivity index (χ1n) is 16.8. The van der Waals surface area contributed by atoms with Gasteiger partial charge >= 0.3 is 11.9 Å². The predicted molar refractivity (Wildman–Crippen MR) is 196 cm³/mol. The molecule has 0 atom stereocenters. The molecule has 0 saturated heterocycles. The molecule has 0 N–H and O–H groups in total. The first kappa shape index (κ1) is 35.6. The summed E-state index contributed by atoms with van der Waals surface area (Å²) in [5.41, 5.74) is 0.749. The zero-order chi connectivity index (χ0) is 33.2. The fraction of sp³-hybridized carbons (Fsp3) is 0.317. The van der Waals surface area contributed by atoms with Crippen LogP contribution in [0, 0.1) is 0 Å². The van der Waals surface area contributed by atoms with Crippen LogP contribution in [0.1, 0.15) is 70.3 Å². The standard InChI is InChI=1S/C41H48O5P/c1-34(42)46-39-29-27-35(33-40(39)44-2)28-30-41(43)45-31-19-8-6-4-3-5-7-9-20-32-47(36-21-13-10-14-22-36,37-23-15-11-16-24-37)38-25-17-12-18-26-38/h10-18,21-30,33H,3-9,19-20,31-32H2,1-2H3/q+1/b30-28+. The average Bonchev–Trinajstić information content (AvgIpc) is 3.11. The van der Waals surface area contributed by atoms with Crippen molar-refractivity contribution in [1.29, 1.82) is 0 Å². The molecule has 0 spiro atoms. The van der Waals surface area contributed by atoms with Crippen molar-refractivity contribution >= 4 is 41.2 Å². The van der Waals surface area contributed by atoms with Crippen LogP contribution in [0.2, 0.25) is 0 Å². The third-order valence-electron chi connectivity index (χ3n) is 8.33. The number of unbranched alkanes of at least 4 members (excludes halogenated alkanes) is 8. The highest BCUT2D eigenvalue weighted by Gasteiger charge is 2.44. The first-order valence-corrected chi connectivity index (χ1v) is 18.8. The van der Waals surface area contributed by atoms with Crippen LogP contribution in [0.15, 0.2) is 115 Å². The van der Waals surface area contributed by atoms with Gasteiger partial charge in [0.2, 0.25) is 0 Å². The first-order chi connectivity index (χ1) is 23.0. The van der Waals surface area contributed by atoms with E-state index in [2.05, 4.69) is 91.0 Å². The molecule has 0 heterocycles. The summed E-state index contributed by atoms with van der Waals surface area (Å²) in [4.78, 5) is 23.4. The predicted octanol–water partition coefficient (Wildman–Crippen LogP) is 8.68. The zero-order valence-corrected chi connectivity index (χ0v) is 28.7. The van der Waals surface area contributed by atoms with Gasteiger partial charge in [0.05, 0.1) is 19.9 Å². The van der Waals surface area contributed by atoms with Gasteiger partial charge in [0.15, 0.2) is 11.5 Å². The highest BCUT2D eigenvalue weighted by atomic mass is 31.2. The maximum atomic E-state index is 12.1. The number of rotatable bonds is 19. The van der Waals surface area contributed by atoms with Gasteiger partial charge in [0.25, 0.3) is 0 Å². The molecule has 0 saturated carbocycles. The Kier molecular flexibility index (Phi) is 14.7. The van der Waals surface area contributed by atoms with Crippen LogP contribution in [0.5, 0.6) is 11.5 Å². The molecule has 0 fully saturated rings. The Labute approximate surface area is 281 Å². The van der Waals surface area contributed by atoms with Crippen molar-refractivity contribution < 1.29 is 23.8 Å². The molecule has 4 aromatic carbocycles. The largest absolute Gasteiger partial charge is 0.493 e. The lowest BCUT2D eigenvalue weighted by molar-refractivity contribution is -0.137. The molecule has 0 aliphatic carbocycles. The van der Waals surface area contributed by atoms with E-state index in [0.29, 0.717) is 18.1 Å². The van der Waals surface area contributed by atoms with Gasteiger partial charge in [-0.3, -0.25) is 4.79 Å². The molecule has 4 aromatic rings. The van der Waals surface area contributed by atoms with Crippen molar-refractivity contribution in [2.24, 2.45) is 0 Å². The van der Waals surface area contributed by atoms with Crippen molar-refractivity contribution in [1.82, 2.24) is 0 Å². The SMILES string of the molecule is COc1cc(/C=C/C(=O)OCCCCCCCCCCC[P+](c2ccccc2)(c2ccccc2)c2ccccc2)ccc1OC(C)=O. The van der Waals surface area contributed by atoms with Crippen molar-refractivity contribution in [3.63, 3.8) is 0 Å². The number of carbonyl (C=O) groups excluding carboxylic acids is 2. The number of carbonyl (C=O) groups is 2. The number of hydrogen-bond donors (Lipinski definition) is 0. The van der Waals surface area contributed by atoms with Gasteiger partial charge in [-0.1, -0.05) is 99.2 Å². The number of methoxy groups -OCH3 is 1. The van der Waals surface area contributed by atoms with E-state index in [1.165, 1.54) is 80.7 Å². The number of hydrogen-bond acceptors (Lipinski definition) is 5. The Morgan fingerprint density at radius 1 is 0.617 bits per heavy atom. The summed E-state index contributed by atoms with van der Waals surface area (Å²) in [6.45, 7) is 1.76. The highest BCUT2D eigenvalue weighted by Crippen LogP contribution is 2.56. The Morgan fingerprint density at radius 3 is 1.60 bits per heavy atom. The summed E-state index contributed by atoms with van der Waals surface area (Å²) in [5, 5.41) is 4.39. The normalized spacial score (nSPS) is 11.4. The van der Waals surface area contributed by atoms with E-state index in [4.69, 9.17) is 14.2 Å². The molecule has 0 aliphatic heterocycles. The smallest absolute Gasteiger partial charge is 0.330 e. The third kappa shape index (κ3) is 10.9. The minimum Gasteiger partial charge on any atom is -0.493 e. The molecule has 4 rings (SSSR count). The van der Waals surface area contributed by atoms with E-state index in [0.717, 1.165) is 24.8 Å². The van der Waals surface area contributed by atoms with Crippen LogP contribution in [-0.2, 0) is 14.3 Å². The molecular formula is C41H48O5P+. The third-order valence-corrected chi connectivity index (χ3v) is 12.9. The monoisotopic (exact) mass is 651 g/mol. The van der Waals surface area contributed by atoms with Crippen molar-refractivity contribution in [3.05, 3.63) is 121 Å². The average molecular weight is 652 g/mol. The Bertz CT molecular complexity index is 1440. The zero-order valence-electron chi connectivity index (χ0n) is 27.8. The second-order valence-corrected chi connectivity index (χ2v) is 15.3. The molecule has 0 unspecified atom stereocenters. The molecule has 0 bridgehead atoms. The van der Waals surface area contributed by atoms with Crippen LogP contribution in [0.4, 0.5) is 0 Å². The van der Waals surface area contributed by atoms with Crippen molar-refractivity contribution in [2.45, 2.75) is 64.7 Å². The maximum Gasteiger partial charge on any atom is 0.330 e. The van der Waals surface area contributed by atoms with Gasteiger partial charge in [-0.05, 0) is 79.4 Å². The van der Waals surface area contributed by atoms with Gasteiger partial charge in [-0.2, -0.15) is 0 Å². The lowest BCUT2D eigenvalue weighted by Crippen LogP contribution is -2.33. The van der Waals surface area contributed by atoms with E-state index >= 15 is 0 Å². The molecule has 0 aliphatic rings. The van der Waals surface area contributed by atoms with Crippen LogP contribution in [0.3, 0.4) is 0 Å². The van der Waals surface area contributed by atoms with Gasteiger partial charge in [0.1, 0.15) is 23.2 Å². The number of esters is 2. The van der Waals surface area contributed by atoms with Crippen molar-refractivity contribution in [3.8, 4) is 11.5 Å². The molecule has 47 heavy (non-hydrogen) atoms. The maximum absolute atomic E-state index is 12.1. The molecule has 0 radical (unpaired) electrons. The Balaban J connectivity index is 1.13. The summed E-state index contributed by atoms with van der Waals surface area (Å²) in [7, 11) is -0.226. The molecule has 6 heteroatoms. The summed E-state index contributed by atoms with van der Waals surface area (Å²) in [6.07, 6.45) is 14.8. The molecule has 5 nitrogen and oxygen atoms in total. The topological polar surface area (TPSA) is 61.8 Å². The second-order valence-electron chi connectivity index (χ2n) is 11.7. The highest BCUT2D eigenvalue weighted by molar-refractivity contribution is 7.95. The molecule has 0 aromatic heterocycles. The summed E-state index contributed by atoms with van der Waals surface area (Å²) in [5.74, 6) is -0.0240. The van der Waals surface area contributed by atoms with Crippen LogP contribution < -0.4 is 25.4 Å². The minimum atomic E-state index is -1.73. The fourth-order valence-electron chi connectivity index (χ4n) is 5.98. The van der Waals surface area contributed by atoms with Crippen LogP contribution in [0.25, 0.3) is 6.08 Å². The van der Waals surface area contributed by atoms with Gasteiger partial charge in [0, 0.05) is 13.0 Å². The lowest BCUT2D eigenvalue weighted by Gasteiger charge is -2.27. The van der Waals surface area contributed by atoms with Crippen LogP contribution >= 0.6 is 7.26 Å². The molecule has 246 valence electrons. The van der Waals surface area contributed by atoms with E-state index < -0.39 is 13.2 Å². The molecular weight excluding hydrogens is 603 g/mol. The van der Waals surface area contributed by atoms with Gasteiger partial charge in [-0.25, -0.2) is 4.79 Å². The summed E-state index contributed by atoms with van der Waals surface area (Å²) >= 11 is 0. The Hall–Kier alpha value is -4.21. The van der Waals surface area contributed by atoms with E-state index in [9.17, 15) is 9.59 Å². The number of benzene rings is 4. The summed E-state index contributed by atoms with van der Waals surface area (Å²) in [6, 6.07) is 38.6. The number of ether oxygens (including phenoxy) is 3. The van der Waals surface area contributed by atoms with Crippen LogP contribution in [-0.4, -0.2) is 31.8 Å². The van der Waals surface area contributed by atoms with Gasteiger partial charge < -0.3 is 14.2 Å². The Morgan fingerprint density at radius 2 is 1.11 bits per heavy atom. The molecule has 0 amide bonds. The minimum absolute atomic E-state index is 0.341. The summed E-state index contributed by atoms with van der Waals surface area (Å²) < 4.78 is 15.8. The quantitative estimate of drug-likeness (QED) is 0.0334. The van der Waals surface area contributed by atoms with Gasteiger partial charge in [-0.15, -0.1) is 0 Å². The van der Waals surface area contributed by atoms with E-state index in [-0.39, 0.29) is 5.97 Å². The van der Waals surface area contributed by atoms with E-state index in [1.54, 1.807) is 24.3 Å².